The molecular weight excluding hydrogens is 333 g/mol. The van der Waals surface area contributed by atoms with Gasteiger partial charge in [0, 0.05) is 27.4 Å². The van der Waals surface area contributed by atoms with Gasteiger partial charge >= 0.3 is 0 Å². The van der Waals surface area contributed by atoms with Gasteiger partial charge in [-0.3, -0.25) is 4.79 Å². The van der Waals surface area contributed by atoms with E-state index in [0.717, 1.165) is 41.2 Å². The Morgan fingerprint density at radius 1 is 1.24 bits per heavy atom. The normalized spacial score (nSPS) is 22.4. The van der Waals surface area contributed by atoms with Crippen molar-refractivity contribution >= 4 is 32.6 Å². The Labute approximate surface area is 131 Å². The van der Waals surface area contributed by atoms with Gasteiger partial charge in [0.1, 0.15) is 11.3 Å². The first-order chi connectivity index (χ1) is 10.0. The molecule has 21 heavy (non-hydrogen) atoms. The lowest BCUT2D eigenvalue weighted by Gasteiger charge is -2.26. The number of nitrogens with zero attached hydrogens (tertiary/aromatic N) is 1. The number of halogens is 2. The van der Waals surface area contributed by atoms with E-state index in [1.807, 2.05) is 18.2 Å². The minimum Gasteiger partial charge on any atom is -0.300 e. The molecule has 4 heteroatoms. The Bertz CT molecular complexity index is 692. The third-order valence-electron chi connectivity index (χ3n) is 4.45. The lowest BCUT2D eigenvalue weighted by molar-refractivity contribution is -0.121. The molecule has 1 aromatic heterocycles. The molecule has 1 aliphatic rings. The Hall–Kier alpha value is -1.29. The maximum Gasteiger partial charge on any atom is 0.150 e. The first-order valence-electron chi connectivity index (χ1n) is 7.31. The molecule has 2 nitrogen and oxygen atoms in total. The number of Topliss-reactive ketones (excluding diaryl/α,β-unsaturated/α-hetero) is 1. The van der Waals surface area contributed by atoms with Crippen LogP contribution in [0.3, 0.4) is 0 Å². The van der Waals surface area contributed by atoms with Crippen molar-refractivity contribution in [2.75, 3.05) is 0 Å². The van der Waals surface area contributed by atoms with Crippen LogP contribution in [0.2, 0.25) is 0 Å². The van der Waals surface area contributed by atoms with Gasteiger partial charge < -0.3 is 0 Å². The topological polar surface area (TPSA) is 30.0 Å². The molecule has 1 heterocycles. The number of benzene rings is 1. The van der Waals surface area contributed by atoms with Gasteiger partial charge in [0.2, 0.25) is 0 Å². The highest BCUT2D eigenvalue weighted by molar-refractivity contribution is 9.10. The largest absolute Gasteiger partial charge is 0.300 e. The van der Waals surface area contributed by atoms with E-state index in [-0.39, 0.29) is 17.5 Å². The Morgan fingerprint density at radius 3 is 2.62 bits per heavy atom. The van der Waals surface area contributed by atoms with E-state index >= 15 is 0 Å². The van der Waals surface area contributed by atoms with E-state index in [1.54, 1.807) is 6.92 Å². The van der Waals surface area contributed by atoms with Gasteiger partial charge in [-0.1, -0.05) is 22.0 Å². The zero-order valence-corrected chi connectivity index (χ0v) is 13.5. The monoisotopic (exact) mass is 349 g/mol. The number of pyridine rings is 1. The fourth-order valence-electron chi connectivity index (χ4n) is 3.20. The molecule has 0 amide bonds. The van der Waals surface area contributed by atoms with Crippen molar-refractivity contribution in [3.8, 4) is 0 Å². The van der Waals surface area contributed by atoms with E-state index in [2.05, 4.69) is 20.9 Å². The highest BCUT2D eigenvalue weighted by atomic mass is 79.9. The van der Waals surface area contributed by atoms with Crippen LogP contribution in [-0.4, -0.2) is 10.8 Å². The molecule has 1 aliphatic carbocycles. The third-order valence-corrected chi connectivity index (χ3v) is 4.91. The summed E-state index contributed by atoms with van der Waals surface area (Å²) in [7, 11) is 0. The van der Waals surface area contributed by atoms with Gasteiger partial charge in [-0.05, 0) is 50.8 Å². The summed E-state index contributed by atoms with van der Waals surface area (Å²) >= 11 is 3.30. The summed E-state index contributed by atoms with van der Waals surface area (Å²) in [6.07, 6.45) is 3.76. The fourth-order valence-corrected chi connectivity index (χ4v) is 3.64. The summed E-state index contributed by atoms with van der Waals surface area (Å²) in [5, 5.41) is 0.808. The number of aromatic nitrogens is 1. The Kier molecular flexibility index (Phi) is 4.07. The maximum atomic E-state index is 14.0. The van der Waals surface area contributed by atoms with Crippen molar-refractivity contribution in [3.63, 3.8) is 0 Å². The van der Waals surface area contributed by atoms with Gasteiger partial charge in [-0.15, -0.1) is 0 Å². The standard InChI is InChI=1S/C17H17BrFNO/c1-10(21)11-2-4-12(5-3-11)16-7-6-13-8-14(18)9-15(19)17(13)20-16/h6-9,11-12H,2-5H2,1H3. The second-order valence-corrected chi connectivity index (χ2v) is 6.77. The number of rotatable bonds is 2. The number of hydrogen-bond acceptors (Lipinski definition) is 2. The van der Waals surface area contributed by atoms with Gasteiger partial charge in [0.25, 0.3) is 0 Å². The van der Waals surface area contributed by atoms with Gasteiger partial charge in [0.15, 0.2) is 5.82 Å². The number of carbonyl (C=O) groups excluding carboxylic acids is 1. The van der Waals surface area contributed by atoms with E-state index in [1.165, 1.54) is 6.07 Å². The van der Waals surface area contributed by atoms with Crippen molar-refractivity contribution in [3.05, 3.63) is 40.2 Å². The predicted molar refractivity (Wildman–Crippen MR) is 84.8 cm³/mol. The van der Waals surface area contributed by atoms with Crippen LogP contribution in [0.15, 0.2) is 28.7 Å². The van der Waals surface area contributed by atoms with Crippen LogP contribution in [0.5, 0.6) is 0 Å². The zero-order valence-electron chi connectivity index (χ0n) is 11.9. The number of carbonyl (C=O) groups is 1. The van der Waals surface area contributed by atoms with E-state index in [4.69, 9.17) is 0 Å². The lowest BCUT2D eigenvalue weighted by atomic mass is 9.79. The molecule has 0 radical (unpaired) electrons. The molecule has 1 aromatic carbocycles. The molecule has 0 spiro atoms. The second kappa shape index (κ2) is 5.84. The lowest BCUT2D eigenvalue weighted by Crippen LogP contribution is -2.19. The molecule has 110 valence electrons. The van der Waals surface area contributed by atoms with Crippen LogP contribution >= 0.6 is 15.9 Å². The summed E-state index contributed by atoms with van der Waals surface area (Å²) < 4.78 is 14.8. The molecule has 0 unspecified atom stereocenters. The van der Waals surface area contributed by atoms with Crippen LogP contribution in [0.25, 0.3) is 10.9 Å². The molecule has 0 N–H and O–H groups in total. The minimum atomic E-state index is -0.293. The average Bonchev–Trinajstić information content (AvgIpc) is 2.47. The summed E-state index contributed by atoms with van der Waals surface area (Å²) in [4.78, 5) is 16.0. The minimum absolute atomic E-state index is 0.203. The summed E-state index contributed by atoms with van der Waals surface area (Å²) in [6, 6.07) is 7.25. The summed E-state index contributed by atoms with van der Waals surface area (Å²) in [5.41, 5.74) is 1.38. The summed E-state index contributed by atoms with van der Waals surface area (Å²) in [6.45, 7) is 1.67. The molecule has 0 bridgehead atoms. The molecular formula is C17H17BrFNO. The van der Waals surface area contributed by atoms with Crippen molar-refractivity contribution < 1.29 is 9.18 Å². The second-order valence-electron chi connectivity index (χ2n) is 5.85. The first kappa shape index (κ1) is 14.6. The van der Waals surface area contributed by atoms with Crippen LogP contribution in [0.1, 0.15) is 44.2 Å². The van der Waals surface area contributed by atoms with Crippen LogP contribution in [0, 0.1) is 11.7 Å². The van der Waals surface area contributed by atoms with Crippen molar-refractivity contribution in [1.82, 2.24) is 4.98 Å². The predicted octanol–water partition coefficient (Wildman–Crippen LogP) is 5.00. The van der Waals surface area contributed by atoms with Crippen molar-refractivity contribution in [2.45, 2.75) is 38.5 Å². The van der Waals surface area contributed by atoms with Crippen LogP contribution < -0.4 is 0 Å². The number of ketones is 1. The number of fused-ring (bicyclic) bond motifs is 1. The van der Waals surface area contributed by atoms with E-state index in [0.29, 0.717) is 11.4 Å². The molecule has 1 saturated carbocycles. The summed E-state index contributed by atoms with van der Waals surface area (Å²) in [5.74, 6) is 0.539. The fraction of sp³-hybridized carbons (Fsp3) is 0.412. The van der Waals surface area contributed by atoms with E-state index in [9.17, 15) is 9.18 Å². The van der Waals surface area contributed by atoms with Crippen LogP contribution in [0.4, 0.5) is 4.39 Å². The third kappa shape index (κ3) is 3.00. The maximum absolute atomic E-state index is 14.0. The van der Waals surface area contributed by atoms with Crippen molar-refractivity contribution in [1.29, 1.82) is 0 Å². The molecule has 1 fully saturated rings. The molecule has 2 aromatic rings. The Morgan fingerprint density at radius 2 is 1.95 bits per heavy atom. The quantitative estimate of drug-likeness (QED) is 0.763. The average molecular weight is 350 g/mol. The molecule has 3 rings (SSSR count). The molecule has 0 aliphatic heterocycles. The Balaban J connectivity index is 1.87. The zero-order chi connectivity index (χ0) is 15.0. The van der Waals surface area contributed by atoms with Crippen LogP contribution in [-0.2, 0) is 4.79 Å². The van der Waals surface area contributed by atoms with E-state index < -0.39 is 0 Å². The van der Waals surface area contributed by atoms with Gasteiger partial charge in [-0.25, -0.2) is 9.37 Å². The molecule has 0 atom stereocenters. The van der Waals surface area contributed by atoms with Gasteiger partial charge in [0.05, 0.1) is 0 Å². The number of hydrogen-bond donors (Lipinski definition) is 0. The smallest absolute Gasteiger partial charge is 0.150 e. The SMILES string of the molecule is CC(=O)C1CCC(c2ccc3cc(Br)cc(F)c3n2)CC1. The van der Waals surface area contributed by atoms with Gasteiger partial charge in [-0.2, -0.15) is 0 Å². The highest BCUT2D eigenvalue weighted by Crippen LogP contribution is 2.36. The van der Waals surface area contributed by atoms with Crippen molar-refractivity contribution in [2.24, 2.45) is 5.92 Å². The highest BCUT2D eigenvalue weighted by Gasteiger charge is 2.25. The molecule has 0 saturated heterocycles. The first-order valence-corrected chi connectivity index (χ1v) is 8.10.